The fourth-order valence-electron chi connectivity index (χ4n) is 1.57. The Labute approximate surface area is 107 Å². The molecule has 0 aromatic carbocycles. The van der Waals surface area contributed by atoms with Gasteiger partial charge in [0.15, 0.2) is 0 Å². The predicted octanol–water partition coefficient (Wildman–Crippen LogP) is 4.66. The van der Waals surface area contributed by atoms with Crippen molar-refractivity contribution in [1.82, 2.24) is 0 Å². The van der Waals surface area contributed by atoms with Gasteiger partial charge in [0.2, 0.25) is 0 Å². The molecule has 0 spiro atoms. The largest absolute Gasteiger partial charge is 3.00 e. The Hall–Kier alpha value is 0.194. The van der Waals surface area contributed by atoms with E-state index in [9.17, 15) is 0 Å². The summed E-state index contributed by atoms with van der Waals surface area (Å²) >= 11 is 0. The molecule has 0 amide bonds. The Morgan fingerprint density at radius 3 is 1.00 bits per heavy atom. The molecule has 1 aliphatic rings. The first-order chi connectivity index (χ1) is 4.55. The van der Waals surface area contributed by atoms with Crippen LogP contribution in [0, 0.1) is 28.2 Å². The van der Waals surface area contributed by atoms with Crippen LogP contribution in [0.5, 0.6) is 0 Å². The van der Waals surface area contributed by atoms with Crippen molar-refractivity contribution in [3.8, 4) is 0 Å². The molecular formula is C13H25Ti. The molecule has 81 valence electrons. The molecule has 1 rings (SSSR count). The maximum atomic E-state index is 2.28. The Bertz CT molecular complexity index is 197. The maximum absolute atomic E-state index is 2.28. The van der Waals surface area contributed by atoms with Gasteiger partial charge in [-0.2, -0.15) is 0 Å². The molecule has 0 aromatic heterocycles. The maximum Gasteiger partial charge on any atom is 3.00 e. The molecule has 0 bridgehead atoms. The SMILES string of the molecule is CC1=C(C)C(C)C(C)=C1C.[CH3-].[CH3-].[CH3-].[Ti+3]. The third kappa shape index (κ3) is 3.75. The van der Waals surface area contributed by atoms with E-state index in [0.29, 0.717) is 5.92 Å². The Balaban J connectivity index is -0.000000125. The monoisotopic (exact) mass is 229 g/mol. The Morgan fingerprint density at radius 1 is 0.714 bits per heavy atom. The van der Waals surface area contributed by atoms with Gasteiger partial charge in [0.25, 0.3) is 0 Å². The van der Waals surface area contributed by atoms with Gasteiger partial charge < -0.3 is 22.3 Å². The van der Waals surface area contributed by atoms with Gasteiger partial charge in [-0.1, -0.05) is 18.1 Å². The van der Waals surface area contributed by atoms with E-state index in [1.165, 1.54) is 11.1 Å². The van der Waals surface area contributed by atoms with Gasteiger partial charge in [-0.15, -0.1) is 0 Å². The summed E-state index contributed by atoms with van der Waals surface area (Å²) in [7, 11) is 0. The first-order valence-electron chi connectivity index (χ1n) is 3.90. The second-order valence-corrected chi connectivity index (χ2v) is 3.34. The van der Waals surface area contributed by atoms with Crippen molar-refractivity contribution in [2.24, 2.45) is 5.92 Å². The molecule has 0 unspecified atom stereocenters. The molecule has 0 nitrogen and oxygen atoms in total. The summed E-state index contributed by atoms with van der Waals surface area (Å²) in [5.74, 6) is 0.694. The molecule has 0 atom stereocenters. The normalized spacial score (nSPS) is 15.2. The molecular weight excluding hydrogens is 204 g/mol. The van der Waals surface area contributed by atoms with Crippen LogP contribution < -0.4 is 0 Å². The van der Waals surface area contributed by atoms with Crippen molar-refractivity contribution >= 4 is 0 Å². The summed E-state index contributed by atoms with van der Waals surface area (Å²) in [6.45, 7) is 11.2. The van der Waals surface area contributed by atoms with E-state index in [2.05, 4.69) is 34.6 Å². The van der Waals surface area contributed by atoms with Crippen molar-refractivity contribution in [3.05, 3.63) is 44.6 Å². The second kappa shape index (κ2) is 8.50. The van der Waals surface area contributed by atoms with Crippen LogP contribution in [0.4, 0.5) is 0 Å². The molecule has 1 radical (unpaired) electrons. The van der Waals surface area contributed by atoms with E-state index < -0.39 is 0 Å². The van der Waals surface area contributed by atoms with Crippen molar-refractivity contribution in [2.45, 2.75) is 34.6 Å². The number of rotatable bonds is 0. The first kappa shape index (κ1) is 23.8. The minimum Gasteiger partial charge on any atom is -0.358 e. The van der Waals surface area contributed by atoms with E-state index in [0.717, 1.165) is 0 Å². The zero-order valence-corrected chi connectivity index (χ0v) is 12.6. The molecule has 0 fully saturated rings. The molecule has 1 heteroatoms. The quantitative estimate of drug-likeness (QED) is 0.418. The zero-order valence-electron chi connectivity index (χ0n) is 11.1. The van der Waals surface area contributed by atoms with Crippen molar-refractivity contribution in [3.63, 3.8) is 0 Å². The van der Waals surface area contributed by atoms with Gasteiger partial charge in [-0.05, 0) is 44.8 Å². The van der Waals surface area contributed by atoms with Crippen molar-refractivity contribution < 1.29 is 21.7 Å². The van der Waals surface area contributed by atoms with E-state index in [1.54, 1.807) is 11.1 Å². The minimum absolute atomic E-state index is 0. The summed E-state index contributed by atoms with van der Waals surface area (Å²) in [5.41, 5.74) is 6.11. The topological polar surface area (TPSA) is 0 Å². The Kier molecular flexibility index (Phi) is 14.4. The fraction of sp³-hybridized carbons (Fsp3) is 0.462. The molecule has 0 aliphatic heterocycles. The minimum atomic E-state index is 0. The van der Waals surface area contributed by atoms with Crippen LogP contribution in [0.3, 0.4) is 0 Å². The van der Waals surface area contributed by atoms with Crippen LogP contribution in [0.2, 0.25) is 0 Å². The average molecular weight is 229 g/mol. The summed E-state index contributed by atoms with van der Waals surface area (Å²) in [6, 6.07) is 0. The number of hydrogen-bond donors (Lipinski definition) is 0. The molecule has 0 saturated carbocycles. The van der Waals surface area contributed by atoms with Crippen LogP contribution in [-0.4, -0.2) is 0 Å². The third-order valence-electron chi connectivity index (χ3n) is 3.04. The molecule has 0 saturated heterocycles. The molecule has 0 aromatic rings. The number of allylic oxidation sites excluding steroid dienone is 4. The van der Waals surface area contributed by atoms with Gasteiger partial charge in [-0.3, -0.25) is 0 Å². The second-order valence-electron chi connectivity index (χ2n) is 3.34. The molecule has 0 heterocycles. The van der Waals surface area contributed by atoms with Gasteiger partial charge in [0.1, 0.15) is 0 Å². The fourth-order valence-corrected chi connectivity index (χ4v) is 1.57. The number of hydrogen-bond acceptors (Lipinski definition) is 0. The van der Waals surface area contributed by atoms with Gasteiger partial charge in [-0.25, -0.2) is 0 Å². The van der Waals surface area contributed by atoms with E-state index >= 15 is 0 Å². The Morgan fingerprint density at radius 2 is 0.929 bits per heavy atom. The zero-order chi connectivity index (χ0) is 7.89. The smallest absolute Gasteiger partial charge is 0.358 e. The first-order valence-corrected chi connectivity index (χ1v) is 3.90. The van der Waals surface area contributed by atoms with E-state index in [4.69, 9.17) is 0 Å². The van der Waals surface area contributed by atoms with Crippen LogP contribution in [0.1, 0.15) is 34.6 Å². The third-order valence-corrected chi connectivity index (χ3v) is 3.04. The summed E-state index contributed by atoms with van der Waals surface area (Å²) in [6.07, 6.45) is 0. The van der Waals surface area contributed by atoms with Gasteiger partial charge in [0.05, 0.1) is 0 Å². The summed E-state index contributed by atoms with van der Waals surface area (Å²) in [4.78, 5) is 0. The van der Waals surface area contributed by atoms with Crippen LogP contribution in [0.15, 0.2) is 22.3 Å². The van der Waals surface area contributed by atoms with Crippen molar-refractivity contribution in [1.29, 1.82) is 0 Å². The molecule has 1 aliphatic carbocycles. The van der Waals surface area contributed by atoms with Gasteiger partial charge >= 0.3 is 21.7 Å². The van der Waals surface area contributed by atoms with Gasteiger partial charge in [0, 0.05) is 0 Å². The van der Waals surface area contributed by atoms with E-state index in [-0.39, 0.29) is 44.0 Å². The predicted molar refractivity (Wildman–Crippen MR) is 65.2 cm³/mol. The summed E-state index contributed by atoms with van der Waals surface area (Å²) < 4.78 is 0. The molecule has 0 N–H and O–H groups in total. The molecule has 14 heavy (non-hydrogen) atoms. The van der Waals surface area contributed by atoms with E-state index in [1.807, 2.05) is 0 Å². The standard InChI is InChI=1S/C10H16.3CH3.Ti/c1-6-7(2)9(4)10(5)8(6)3;;;;/h6H,1-5H3;3*1H3;/q;3*-1;+3. The van der Waals surface area contributed by atoms with Crippen molar-refractivity contribution in [2.75, 3.05) is 0 Å². The van der Waals surface area contributed by atoms with Crippen LogP contribution in [0.25, 0.3) is 0 Å². The van der Waals surface area contributed by atoms with Crippen LogP contribution >= 0.6 is 0 Å². The summed E-state index contributed by atoms with van der Waals surface area (Å²) in [5, 5.41) is 0. The van der Waals surface area contributed by atoms with Crippen LogP contribution in [-0.2, 0) is 21.7 Å². The average Bonchev–Trinajstić information content (AvgIpc) is 2.07.